The number of nitrogens with zero attached hydrogens (tertiary/aromatic N) is 5. The highest BCUT2D eigenvalue weighted by Crippen LogP contribution is 2.23. The molecule has 30 heavy (non-hydrogen) atoms. The monoisotopic (exact) mass is 426 g/mol. The summed E-state index contributed by atoms with van der Waals surface area (Å²) in [6, 6.07) is 11.7. The van der Waals surface area contributed by atoms with Crippen molar-refractivity contribution >= 4 is 29.6 Å². The van der Waals surface area contributed by atoms with E-state index in [2.05, 4.69) is 20.3 Å². The number of halogens is 2. The highest BCUT2D eigenvalue weighted by atomic mass is 35.5. The molecule has 1 amide bonds. The first-order valence-corrected chi connectivity index (χ1v) is 9.46. The Hall–Kier alpha value is -3.39. The van der Waals surface area contributed by atoms with Crippen LogP contribution in [0.15, 0.2) is 67.3 Å². The van der Waals surface area contributed by atoms with Crippen LogP contribution in [-0.4, -0.2) is 44.2 Å². The van der Waals surface area contributed by atoms with Crippen molar-refractivity contribution in [2.45, 2.75) is 12.5 Å². The molecule has 0 aliphatic carbocycles. The van der Waals surface area contributed by atoms with Gasteiger partial charge in [-0.2, -0.15) is 5.10 Å². The van der Waals surface area contributed by atoms with Gasteiger partial charge in [0.05, 0.1) is 11.2 Å². The van der Waals surface area contributed by atoms with Crippen LogP contribution in [0.2, 0.25) is 0 Å². The van der Waals surface area contributed by atoms with Gasteiger partial charge in [0.2, 0.25) is 0 Å². The van der Waals surface area contributed by atoms with Gasteiger partial charge in [-0.25, -0.2) is 14.1 Å². The number of aromatic nitrogens is 4. The number of fused-ring (bicyclic) bond motifs is 1. The summed E-state index contributed by atoms with van der Waals surface area (Å²) in [6.45, 7) is 1.52. The first-order valence-electron chi connectivity index (χ1n) is 9.46. The van der Waals surface area contributed by atoms with E-state index in [1.54, 1.807) is 35.3 Å². The van der Waals surface area contributed by atoms with Crippen molar-refractivity contribution in [2.24, 2.45) is 0 Å². The molecule has 5 rings (SSSR count). The van der Waals surface area contributed by atoms with E-state index in [-0.39, 0.29) is 30.2 Å². The van der Waals surface area contributed by atoms with Crippen LogP contribution in [0.4, 0.5) is 10.2 Å². The summed E-state index contributed by atoms with van der Waals surface area (Å²) >= 11 is 0. The van der Waals surface area contributed by atoms with Gasteiger partial charge < -0.3 is 14.6 Å². The van der Waals surface area contributed by atoms with Gasteiger partial charge >= 0.3 is 0 Å². The van der Waals surface area contributed by atoms with Crippen LogP contribution in [0.3, 0.4) is 0 Å². The molecule has 1 saturated heterocycles. The molecule has 1 N–H and O–H groups in total. The number of hydrogen-bond acceptors (Lipinski definition) is 4. The van der Waals surface area contributed by atoms with Crippen molar-refractivity contribution in [1.82, 2.24) is 24.5 Å². The summed E-state index contributed by atoms with van der Waals surface area (Å²) in [5, 5.41) is 7.38. The normalized spacial score (nSPS) is 15.9. The maximum atomic E-state index is 13.1. The Morgan fingerprint density at radius 1 is 1.10 bits per heavy atom. The van der Waals surface area contributed by atoms with Crippen molar-refractivity contribution in [3.63, 3.8) is 0 Å². The average molecular weight is 427 g/mol. The lowest BCUT2D eigenvalue weighted by Crippen LogP contribution is -2.37. The molecular formula is C21H20ClFN6O. The standard InChI is InChI=1S/C21H19FN6O.ClH/c22-15-3-5-17(6-4-15)28-12-8-18(25-28)21(29)24-16-7-11-27(14-16)20-19-2-1-10-26(19)13-9-23-20;/h1-6,8-10,12-13,16H,7,11,14H2,(H,24,29);1H/t16-;/m0./s1. The number of carbonyl (C=O) groups is 1. The van der Waals surface area contributed by atoms with E-state index in [9.17, 15) is 9.18 Å². The van der Waals surface area contributed by atoms with Crippen molar-refractivity contribution in [3.8, 4) is 5.69 Å². The van der Waals surface area contributed by atoms with E-state index in [0.29, 0.717) is 17.9 Å². The number of nitrogens with one attached hydrogen (secondary N) is 1. The van der Waals surface area contributed by atoms with Gasteiger partial charge in [0, 0.05) is 43.9 Å². The average Bonchev–Trinajstić information content (AvgIpc) is 3.48. The van der Waals surface area contributed by atoms with E-state index in [0.717, 1.165) is 24.3 Å². The summed E-state index contributed by atoms with van der Waals surface area (Å²) in [5.41, 5.74) is 2.08. The summed E-state index contributed by atoms with van der Waals surface area (Å²) in [7, 11) is 0. The molecule has 0 radical (unpaired) electrons. The quantitative estimate of drug-likeness (QED) is 0.544. The Balaban J connectivity index is 0.00000218. The van der Waals surface area contributed by atoms with Gasteiger partial charge in [-0.3, -0.25) is 4.79 Å². The van der Waals surface area contributed by atoms with Crippen LogP contribution in [0.5, 0.6) is 0 Å². The lowest BCUT2D eigenvalue weighted by molar-refractivity contribution is 0.0935. The number of amides is 1. The van der Waals surface area contributed by atoms with Crippen LogP contribution < -0.4 is 10.2 Å². The molecule has 9 heteroatoms. The fourth-order valence-electron chi connectivity index (χ4n) is 3.71. The van der Waals surface area contributed by atoms with E-state index in [4.69, 9.17) is 0 Å². The molecule has 154 valence electrons. The zero-order valence-electron chi connectivity index (χ0n) is 16.0. The molecule has 0 unspecified atom stereocenters. The number of carbonyl (C=O) groups excluding carboxylic acids is 1. The number of hydrogen-bond donors (Lipinski definition) is 1. The second kappa shape index (κ2) is 8.16. The van der Waals surface area contributed by atoms with E-state index in [1.165, 1.54) is 12.1 Å². The van der Waals surface area contributed by atoms with Crippen LogP contribution in [-0.2, 0) is 0 Å². The number of anilines is 1. The maximum Gasteiger partial charge on any atom is 0.272 e. The molecule has 0 bridgehead atoms. The van der Waals surface area contributed by atoms with Crippen molar-refractivity contribution < 1.29 is 9.18 Å². The summed E-state index contributed by atoms with van der Waals surface area (Å²) in [4.78, 5) is 19.3. The molecule has 0 saturated carbocycles. The Kier molecular flexibility index (Phi) is 5.41. The molecule has 1 atom stereocenters. The highest BCUT2D eigenvalue weighted by molar-refractivity contribution is 5.92. The zero-order chi connectivity index (χ0) is 19.8. The molecule has 3 aromatic heterocycles. The Bertz CT molecular complexity index is 1170. The first kappa shape index (κ1) is 19.9. The van der Waals surface area contributed by atoms with Gasteiger partial charge in [0.15, 0.2) is 11.5 Å². The number of rotatable bonds is 4. The van der Waals surface area contributed by atoms with Gasteiger partial charge in [-0.05, 0) is 48.9 Å². The predicted octanol–water partition coefficient (Wildman–Crippen LogP) is 3.09. The van der Waals surface area contributed by atoms with Crippen LogP contribution >= 0.6 is 12.4 Å². The fourth-order valence-corrected chi connectivity index (χ4v) is 3.71. The van der Waals surface area contributed by atoms with E-state index >= 15 is 0 Å². The third-order valence-electron chi connectivity index (χ3n) is 5.17. The molecule has 1 aromatic carbocycles. The van der Waals surface area contributed by atoms with Crippen molar-refractivity contribution in [2.75, 3.05) is 18.0 Å². The van der Waals surface area contributed by atoms with Gasteiger partial charge in [0.1, 0.15) is 5.82 Å². The summed E-state index contributed by atoms with van der Waals surface area (Å²) in [6.07, 6.45) is 8.24. The minimum atomic E-state index is -0.310. The molecule has 4 aromatic rings. The smallest absolute Gasteiger partial charge is 0.272 e. The Labute approximate surface area is 178 Å². The Morgan fingerprint density at radius 2 is 1.93 bits per heavy atom. The minimum Gasteiger partial charge on any atom is -0.353 e. The molecular weight excluding hydrogens is 407 g/mol. The van der Waals surface area contributed by atoms with E-state index in [1.807, 2.05) is 28.9 Å². The summed E-state index contributed by atoms with van der Waals surface area (Å²) in [5.74, 6) is 0.399. The highest BCUT2D eigenvalue weighted by Gasteiger charge is 2.27. The van der Waals surface area contributed by atoms with Crippen molar-refractivity contribution in [1.29, 1.82) is 0 Å². The largest absolute Gasteiger partial charge is 0.353 e. The van der Waals surface area contributed by atoms with Gasteiger partial charge in [0.25, 0.3) is 5.91 Å². The topological polar surface area (TPSA) is 67.5 Å². The first-order chi connectivity index (χ1) is 14.2. The van der Waals surface area contributed by atoms with E-state index < -0.39 is 0 Å². The third kappa shape index (κ3) is 3.73. The van der Waals surface area contributed by atoms with Crippen LogP contribution in [0.25, 0.3) is 11.2 Å². The van der Waals surface area contributed by atoms with Crippen molar-refractivity contribution in [3.05, 3.63) is 78.8 Å². The second-order valence-electron chi connectivity index (χ2n) is 7.08. The molecule has 1 fully saturated rings. The van der Waals surface area contributed by atoms with Crippen LogP contribution in [0.1, 0.15) is 16.9 Å². The maximum absolute atomic E-state index is 13.1. The second-order valence-corrected chi connectivity index (χ2v) is 7.08. The predicted molar refractivity (Wildman–Crippen MR) is 114 cm³/mol. The van der Waals surface area contributed by atoms with Crippen LogP contribution in [0, 0.1) is 5.82 Å². The molecule has 0 spiro atoms. The Morgan fingerprint density at radius 3 is 2.77 bits per heavy atom. The summed E-state index contributed by atoms with van der Waals surface area (Å²) < 4.78 is 16.7. The molecule has 1 aliphatic heterocycles. The van der Waals surface area contributed by atoms with Gasteiger partial charge in [-0.15, -0.1) is 12.4 Å². The fraction of sp³-hybridized carbons (Fsp3) is 0.190. The zero-order valence-corrected chi connectivity index (χ0v) is 16.8. The lowest BCUT2D eigenvalue weighted by atomic mass is 10.2. The SMILES string of the molecule is Cl.O=C(N[C@H]1CCN(c2nccn3cccc23)C1)c1ccn(-c2ccc(F)cc2)n1. The van der Waals surface area contributed by atoms with Gasteiger partial charge in [-0.1, -0.05) is 0 Å². The molecule has 7 nitrogen and oxygen atoms in total. The number of benzene rings is 1. The minimum absolute atomic E-state index is 0. The molecule has 1 aliphatic rings. The lowest BCUT2D eigenvalue weighted by Gasteiger charge is -2.18. The third-order valence-corrected chi connectivity index (χ3v) is 5.17. The molecule has 4 heterocycles.